The first-order chi connectivity index (χ1) is 28.5. The highest BCUT2D eigenvalue weighted by molar-refractivity contribution is 5.99. The number of fused-ring (bicyclic) bond motifs is 5. The van der Waals surface area contributed by atoms with E-state index >= 15 is 0 Å². The normalized spacial score (nSPS) is 11.9. The number of aromatic amines is 3. The molecule has 280 valence electrons. The van der Waals surface area contributed by atoms with Crippen LogP contribution in [0.5, 0.6) is 0 Å². The van der Waals surface area contributed by atoms with Crippen LogP contribution in [0.2, 0.25) is 0 Å². The van der Waals surface area contributed by atoms with Gasteiger partial charge in [0, 0.05) is 52.5 Å². The molecule has 11 rings (SSSR count). The Morgan fingerprint density at radius 3 is 2.21 bits per heavy atom. The molecule has 0 unspecified atom stereocenters. The van der Waals surface area contributed by atoms with Gasteiger partial charge in [-0.2, -0.15) is 10.2 Å². The Morgan fingerprint density at radius 1 is 0.621 bits per heavy atom. The Balaban J connectivity index is 1.01. The van der Waals surface area contributed by atoms with Gasteiger partial charge in [-0.3, -0.25) is 15.1 Å². The second-order valence-electron chi connectivity index (χ2n) is 14.8. The quantitative estimate of drug-likeness (QED) is 0.121. The van der Waals surface area contributed by atoms with Crippen molar-refractivity contribution in [2.24, 2.45) is 0 Å². The van der Waals surface area contributed by atoms with Crippen molar-refractivity contribution in [3.05, 3.63) is 138 Å². The summed E-state index contributed by atoms with van der Waals surface area (Å²) in [4.78, 5) is 26.4. The highest BCUT2D eigenvalue weighted by Crippen LogP contribution is 2.37. The van der Waals surface area contributed by atoms with Gasteiger partial charge in [-0.25, -0.2) is 14.6 Å². The van der Waals surface area contributed by atoms with Gasteiger partial charge in [-0.05, 0) is 115 Å². The van der Waals surface area contributed by atoms with E-state index in [9.17, 15) is 5.11 Å². The summed E-state index contributed by atoms with van der Waals surface area (Å²) in [5, 5.41) is 25.7. The predicted octanol–water partition coefficient (Wildman–Crippen LogP) is 9.81. The van der Waals surface area contributed by atoms with Crippen molar-refractivity contribution >= 4 is 54.8 Å². The summed E-state index contributed by atoms with van der Waals surface area (Å²) in [6, 6.07) is 35.2. The third-order valence-corrected chi connectivity index (χ3v) is 11.4. The van der Waals surface area contributed by atoms with E-state index in [2.05, 4.69) is 94.6 Å². The first-order valence-electron chi connectivity index (χ1n) is 19.4. The van der Waals surface area contributed by atoms with Crippen LogP contribution in [0.3, 0.4) is 0 Å². The summed E-state index contributed by atoms with van der Waals surface area (Å²) >= 11 is 0. The number of imidazole rings is 2. The van der Waals surface area contributed by atoms with Crippen molar-refractivity contribution in [2.45, 2.75) is 26.7 Å². The molecule has 0 spiro atoms. The van der Waals surface area contributed by atoms with E-state index in [1.54, 1.807) is 0 Å². The minimum Gasteiger partial charge on any atom is -0.396 e. The van der Waals surface area contributed by atoms with Gasteiger partial charge in [0.1, 0.15) is 11.4 Å². The van der Waals surface area contributed by atoms with Crippen LogP contribution < -0.4 is 0 Å². The molecule has 0 fully saturated rings. The molecule has 5 aromatic carbocycles. The van der Waals surface area contributed by atoms with E-state index in [0.717, 1.165) is 112 Å². The molecule has 6 aromatic heterocycles. The Hall–Kier alpha value is -7.50. The fourth-order valence-corrected chi connectivity index (χ4v) is 8.27. The maximum Gasteiger partial charge on any atom is 0.159 e. The molecule has 11 heteroatoms. The molecule has 0 radical (unpaired) electrons. The van der Waals surface area contributed by atoms with Crippen molar-refractivity contribution in [3.8, 4) is 51.0 Å². The van der Waals surface area contributed by atoms with E-state index < -0.39 is 0 Å². The van der Waals surface area contributed by atoms with Crippen molar-refractivity contribution in [3.63, 3.8) is 0 Å². The average Bonchev–Trinajstić information content (AvgIpc) is 4.06. The van der Waals surface area contributed by atoms with Crippen molar-refractivity contribution < 1.29 is 5.11 Å². The molecule has 4 N–H and O–H groups in total. The van der Waals surface area contributed by atoms with Crippen LogP contribution in [-0.2, 0) is 6.42 Å². The van der Waals surface area contributed by atoms with Gasteiger partial charge in [0.15, 0.2) is 11.6 Å². The smallest absolute Gasteiger partial charge is 0.159 e. The summed E-state index contributed by atoms with van der Waals surface area (Å²) in [7, 11) is 0. The molecule has 58 heavy (non-hydrogen) atoms. The Morgan fingerprint density at radius 2 is 1.34 bits per heavy atom. The zero-order valence-corrected chi connectivity index (χ0v) is 31.7. The summed E-state index contributed by atoms with van der Waals surface area (Å²) in [6.07, 6.45) is 7.23. The molecule has 0 amide bonds. The van der Waals surface area contributed by atoms with E-state index in [1.165, 1.54) is 5.56 Å². The molecule has 11 aromatic rings. The van der Waals surface area contributed by atoms with Crippen LogP contribution in [0.25, 0.3) is 106 Å². The second kappa shape index (κ2) is 13.3. The Labute approximate surface area is 331 Å². The first kappa shape index (κ1) is 33.8. The molecule has 0 aliphatic carbocycles. The van der Waals surface area contributed by atoms with Crippen LogP contribution in [0, 0.1) is 13.8 Å². The average molecular weight is 757 g/mol. The Bertz CT molecular complexity index is 3350. The molecule has 0 bridgehead atoms. The minimum atomic E-state index is 0.145. The van der Waals surface area contributed by atoms with Gasteiger partial charge < -0.3 is 15.1 Å². The largest absolute Gasteiger partial charge is 0.396 e. The number of hydrogen-bond donors (Lipinski definition) is 4. The van der Waals surface area contributed by atoms with Gasteiger partial charge in [0.2, 0.25) is 0 Å². The van der Waals surface area contributed by atoms with Crippen molar-refractivity contribution in [2.75, 3.05) is 6.61 Å². The number of aliphatic hydroxyl groups excluding tert-OH is 1. The molecule has 11 nitrogen and oxygen atoms in total. The lowest BCUT2D eigenvalue weighted by atomic mass is 9.96. The second-order valence-corrected chi connectivity index (χ2v) is 14.8. The molecule has 0 saturated carbocycles. The third kappa shape index (κ3) is 5.47. The standard InChI is InChI=1S/C47H36N10O/c1-26-30(8-7-19-58)23-48-24-35(26)29-14-18-43-34(21-29)45(47-50-39-11-5-6-12-40(39)51-47)56-57(43)31-15-17-41-42(22-31)53-46(52-41)44-33-20-28(13-16-38(33)54-55-44)36-25-49-37-10-4-3-9-32(37)27(36)2/h3-6,9-18,20-25,58H,7-8,19H2,1-2H3,(H,50,51)(H,52,53)(H,54,55). The predicted molar refractivity (Wildman–Crippen MR) is 230 cm³/mol. The molecule has 0 aliphatic heterocycles. The first-order valence-corrected chi connectivity index (χ1v) is 19.4. The lowest BCUT2D eigenvalue weighted by molar-refractivity contribution is 0.288. The summed E-state index contributed by atoms with van der Waals surface area (Å²) in [5.41, 5.74) is 16.4. The number of para-hydroxylation sites is 3. The molecule has 0 aliphatic rings. The lowest BCUT2D eigenvalue weighted by Crippen LogP contribution is -1.97. The van der Waals surface area contributed by atoms with Gasteiger partial charge >= 0.3 is 0 Å². The summed E-state index contributed by atoms with van der Waals surface area (Å²) < 4.78 is 1.97. The van der Waals surface area contributed by atoms with E-state index in [1.807, 2.05) is 65.7 Å². The molecule has 6 heterocycles. The number of aromatic nitrogens is 10. The van der Waals surface area contributed by atoms with Gasteiger partial charge in [0.05, 0.1) is 44.3 Å². The van der Waals surface area contributed by atoms with Crippen LogP contribution in [-0.4, -0.2) is 61.6 Å². The highest BCUT2D eigenvalue weighted by Gasteiger charge is 2.20. The number of aliphatic hydroxyl groups is 1. The van der Waals surface area contributed by atoms with Crippen LogP contribution in [0.4, 0.5) is 0 Å². The van der Waals surface area contributed by atoms with E-state index in [4.69, 9.17) is 25.1 Å². The fourth-order valence-electron chi connectivity index (χ4n) is 8.27. The molecule has 0 atom stereocenters. The van der Waals surface area contributed by atoms with Gasteiger partial charge in [-0.15, -0.1) is 0 Å². The lowest BCUT2D eigenvalue weighted by Gasteiger charge is -2.11. The van der Waals surface area contributed by atoms with E-state index in [0.29, 0.717) is 18.1 Å². The Kier molecular flexibility index (Phi) is 7.76. The van der Waals surface area contributed by atoms with Gasteiger partial charge in [-0.1, -0.05) is 42.5 Å². The van der Waals surface area contributed by atoms with Crippen LogP contribution in [0.15, 0.2) is 122 Å². The maximum absolute atomic E-state index is 9.48. The number of benzene rings is 5. The van der Waals surface area contributed by atoms with E-state index in [-0.39, 0.29) is 6.61 Å². The van der Waals surface area contributed by atoms with Crippen molar-refractivity contribution in [1.82, 2.24) is 49.9 Å². The monoisotopic (exact) mass is 756 g/mol. The number of nitrogens with one attached hydrogen (secondary N) is 3. The minimum absolute atomic E-state index is 0.145. The molecule has 0 saturated heterocycles. The number of aryl methyl sites for hydroxylation is 2. The topological polar surface area (TPSA) is 150 Å². The molecular weight excluding hydrogens is 721 g/mol. The zero-order chi connectivity index (χ0) is 38.9. The number of hydrogen-bond acceptors (Lipinski definition) is 7. The van der Waals surface area contributed by atoms with Crippen molar-refractivity contribution in [1.29, 1.82) is 0 Å². The highest BCUT2D eigenvalue weighted by atomic mass is 16.2. The number of H-pyrrole nitrogens is 3. The van der Waals surface area contributed by atoms with Crippen LogP contribution in [0.1, 0.15) is 23.1 Å². The number of nitrogens with zero attached hydrogens (tertiary/aromatic N) is 7. The molecular formula is C47H36N10O. The number of pyridine rings is 2. The SMILES string of the molecule is Cc1c(CCCO)cncc1-c1ccc2c(c1)c(-c1nc3ccccc3[nH]1)nn2-c1ccc2[nH]c(-c3n[nH]c4ccc(-c5cnc6ccccc6c5C)cc34)nc2c1. The maximum atomic E-state index is 9.48. The zero-order valence-electron chi connectivity index (χ0n) is 31.7. The fraction of sp³-hybridized carbons (Fsp3) is 0.106. The van der Waals surface area contributed by atoms with Crippen LogP contribution >= 0.6 is 0 Å². The summed E-state index contributed by atoms with van der Waals surface area (Å²) in [5.74, 6) is 1.36. The summed E-state index contributed by atoms with van der Waals surface area (Å²) in [6.45, 7) is 4.42. The van der Waals surface area contributed by atoms with Gasteiger partial charge in [0.25, 0.3) is 0 Å². The number of rotatable bonds is 8. The third-order valence-electron chi connectivity index (χ3n) is 11.4.